The maximum absolute atomic E-state index is 10.8. The average Bonchev–Trinajstić information content (AvgIpc) is 2.53. The Morgan fingerprint density at radius 3 is 3.25 bits per heavy atom. The molecule has 1 aromatic heterocycles. The van der Waals surface area contributed by atoms with Gasteiger partial charge in [-0.1, -0.05) is 0 Å². The van der Waals surface area contributed by atoms with E-state index in [1.807, 2.05) is 12.1 Å². The Labute approximate surface area is 72.5 Å². The summed E-state index contributed by atoms with van der Waals surface area (Å²) >= 11 is 0. The Morgan fingerprint density at radius 1 is 1.83 bits per heavy atom. The van der Waals surface area contributed by atoms with Gasteiger partial charge in [0, 0.05) is 19.4 Å². The van der Waals surface area contributed by atoms with Gasteiger partial charge in [0.1, 0.15) is 0 Å². The minimum absolute atomic E-state index is 0. The number of rotatable bonds is 3. The van der Waals surface area contributed by atoms with Crippen molar-refractivity contribution in [1.82, 2.24) is 4.98 Å². The SMILES string of the molecule is CCOC(=O)/C=C/c1ccc[nH]1.[HH]. The van der Waals surface area contributed by atoms with Gasteiger partial charge in [-0.25, -0.2) is 4.79 Å². The molecule has 12 heavy (non-hydrogen) atoms. The third-order valence-corrected chi connectivity index (χ3v) is 1.31. The van der Waals surface area contributed by atoms with Crippen LogP contribution < -0.4 is 0 Å². The van der Waals surface area contributed by atoms with Gasteiger partial charge in [0.15, 0.2) is 0 Å². The van der Waals surface area contributed by atoms with Crippen LogP contribution in [0.25, 0.3) is 6.08 Å². The van der Waals surface area contributed by atoms with Crippen molar-refractivity contribution in [2.45, 2.75) is 6.92 Å². The highest BCUT2D eigenvalue weighted by Gasteiger charge is 1.92. The topological polar surface area (TPSA) is 42.1 Å². The van der Waals surface area contributed by atoms with E-state index in [4.69, 9.17) is 4.74 Å². The van der Waals surface area contributed by atoms with Crippen LogP contribution in [0.3, 0.4) is 0 Å². The normalized spacial score (nSPS) is 10.4. The van der Waals surface area contributed by atoms with Gasteiger partial charge in [0.2, 0.25) is 0 Å². The lowest BCUT2D eigenvalue weighted by Crippen LogP contribution is -1.98. The number of ether oxygens (including phenoxy) is 1. The Morgan fingerprint density at radius 2 is 2.67 bits per heavy atom. The lowest BCUT2D eigenvalue weighted by molar-refractivity contribution is -0.137. The maximum Gasteiger partial charge on any atom is 0.330 e. The van der Waals surface area contributed by atoms with Crippen LogP contribution in [-0.2, 0) is 9.53 Å². The van der Waals surface area contributed by atoms with Crippen LogP contribution in [0.5, 0.6) is 0 Å². The molecule has 0 aliphatic carbocycles. The third kappa shape index (κ3) is 2.62. The Bertz CT molecular complexity index is 267. The summed E-state index contributed by atoms with van der Waals surface area (Å²) in [7, 11) is 0. The first kappa shape index (κ1) is 8.59. The van der Waals surface area contributed by atoms with E-state index >= 15 is 0 Å². The van der Waals surface area contributed by atoms with E-state index < -0.39 is 0 Å². The molecule has 0 bridgehead atoms. The fraction of sp³-hybridized carbons (Fsp3) is 0.222. The molecule has 3 heteroatoms. The number of esters is 1. The molecule has 0 aromatic carbocycles. The van der Waals surface area contributed by atoms with E-state index in [1.165, 1.54) is 6.08 Å². The summed E-state index contributed by atoms with van der Waals surface area (Å²) in [4.78, 5) is 13.8. The molecule has 0 fully saturated rings. The highest BCUT2D eigenvalue weighted by molar-refractivity contribution is 5.86. The van der Waals surface area contributed by atoms with E-state index in [0.29, 0.717) is 6.61 Å². The zero-order valence-corrected chi connectivity index (χ0v) is 6.91. The van der Waals surface area contributed by atoms with Gasteiger partial charge in [-0.05, 0) is 25.1 Å². The second kappa shape index (κ2) is 4.38. The van der Waals surface area contributed by atoms with Crippen molar-refractivity contribution in [3.8, 4) is 0 Å². The summed E-state index contributed by atoms with van der Waals surface area (Å²) in [5.41, 5.74) is 0.892. The zero-order valence-electron chi connectivity index (χ0n) is 6.91. The summed E-state index contributed by atoms with van der Waals surface area (Å²) in [6.07, 6.45) is 4.87. The van der Waals surface area contributed by atoms with Crippen LogP contribution in [0.1, 0.15) is 14.0 Å². The van der Waals surface area contributed by atoms with Crippen LogP contribution in [-0.4, -0.2) is 17.6 Å². The summed E-state index contributed by atoms with van der Waals surface area (Å²) < 4.78 is 4.70. The number of carbonyl (C=O) groups is 1. The molecule has 1 N–H and O–H groups in total. The first-order valence-electron chi connectivity index (χ1n) is 3.81. The van der Waals surface area contributed by atoms with Gasteiger partial charge in [0.25, 0.3) is 0 Å². The summed E-state index contributed by atoms with van der Waals surface area (Å²) in [5, 5.41) is 0. The third-order valence-electron chi connectivity index (χ3n) is 1.31. The molecule has 0 saturated carbocycles. The predicted octanol–water partition coefficient (Wildman–Crippen LogP) is 1.84. The van der Waals surface area contributed by atoms with Gasteiger partial charge in [-0.15, -0.1) is 0 Å². The molecule has 1 rings (SSSR count). The van der Waals surface area contributed by atoms with Crippen molar-refractivity contribution in [1.29, 1.82) is 0 Å². The molecule has 1 heterocycles. The van der Waals surface area contributed by atoms with E-state index in [-0.39, 0.29) is 7.40 Å². The van der Waals surface area contributed by atoms with E-state index in [9.17, 15) is 4.79 Å². The van der Waals surface area contributed by atoms with Crippen molar-refractivity contribution in [3.05, 3.63) is 30.1 Å². The fourth-order valence-corrected chi connectivity index (χ4v) is 0.796. The van der Waals surface area contributed by atoms with Crippen molar-refractivity contribution < 1.29 is 11.0 Å². The molecular formula is C9H13NO2. The fourth-order valence-electron chi connectivity index (χ4n) is 0.796. The van der Waals surface area contributed by atoms with Crippen molar-refractivity contribution >= 4 is 12.0 Å². The van der Waals surface area contributed by atoms with Crippen molar-refractivity contribution in [3.63, 3.8) is 0 Å². The minimum Gasteiger partial charge on any atom is -0.463 e. The molecule has 0 amide bonds. The molecule has 0 atom stereocenters. The Kier molecular flexibility index (Phi) is 3.14. The molecule has 0 unspecified atom stereocenters. The highest BCUT2D eigenvalue weighted by atomic mass is 16.5. The first-order valence-corrected chi connectivity index (χ1v) is 3.81. The second-order valence-corrected chi connectivity index (χ2v) is 2.21. The molecule has 0 spiro atoms. The van der Waals surface area contributed by atoms with Crippen LogP contribution in [0.2, 0.25) is 0 Å². The van der Waals surface area contributed by atoms with E-state index in [2.05, 4.69) is 4.98 Å². The summed E-state index contributed by atoms with van der Waals surface area (Å²) in [5.74, 6) is -0.313. The molecule has 3 nitrogen and oxygen atoms in total. The first-order chi connectivity index (χ1) is 5.83. The molecule has 0 saturated heterocycles. The molecule has 66 valence electrons. The monoisotopic (exact) mass is 167 g/mol. The minimum atomic E-state index is -0.313. The van der Waals surface area contributed by atoms with Gasteiger partial charge in [-0.3, -0.25) is 0 Å². The number of H-pyrrole nitrogens is 1. The number of nitrogens with one attached hydrogen (secondary N) is 1. The maximum atomic E-state index is 10.8. The predicted molar refractivity (Wildman–Crippen MR) is 48.6 cm³/mol. The number of aromatic nitrogens is 1. The van der Waals surface area contributed by atoms with Crippen molar-refractivity contribution in [2.75, 3.05) is 6.61 Å². The lowest BCUT2D eigenvalue weighted by Gasteiger charge is -1.93. The van der Waals surface area contributed by atoms with Crippen LogP contribution in [0.4, 0.5) is 0 Å². The highest BCUT2D eigenvalue weighted by Crippen LogP contribution is 1.97. The lowest BCUT2D eigenvalue weighted by atomic mass is 10.4. The van der Waals surface area contributed by atoms with Crippen molar-refractivity contribution in [2.24, 2.45) is 0 Å². The Balaban J connectivity index is 0.00000144. The van der Waals surface area contributed by atoms with E-state index in [1.54, 1.807) is 19.2 Å². The number of hydrogen-bond acceptors (Lipinski definition) is 2. The average molecular weight is 167 g/mol. The number of aromatic amines is 1. The molecule has 0 aliphatic heterocycles. The number of carbonyl (C=O) groups excluding carboxylic acids is 1. The Hall–Kier alpha value is -1.51. The summed E-state index contributed by atoms with van der Waals surface area (Å²) in [6, 6.07) is 3.74. The summed E-state index contributed by atoms with van der Waals surface area (Å²) in [6.45, 7) is 2.19. The van der Waals surface area contributed by atoms with Gasteiger partial charge >= 0.3 is 5.97 Å². The molecule has 0 radical (unpaired) electrons. The van der Waals surface area contributed by atoms with Gasteiger partial charge in [0.05, 0.1) is 6.61 Å². The molecule has 1 aromatic rings. The second-order valence-electron chi connectivity index (χ2n) is 2.21. The quantitative estimate of drug-likeness (QED) is 0.551. The molecular weight excluding hydrogens is 154 g/mol. The van der Waals surface area contributed by atoms with Gasteiger partial charge < -0.3 is 9.72 Å². The van der Waals surface area contributed by atoms with Crippen LogP contribution in [0.15, 0.2) is 24.4 Å². The van der Waals surface area contributed by atoms with E-state index in [0.717, 1.165) is 5.69 Å². The standard InChI is InChI=1S/C9H11NO2.H2/c1-2-12-9(11)6-5-8-4-3-7-10-8;/h3-7,10H,2H2,1H3;1H/b6-5+;. The number of hydrogen-bond donors (Lipinski definition) is 1. The van der Waals surface area contributed by atoms with Gasteiger partial charge in [-0.2, -0.15) is 0 Å². The van der Waals surface area contributed by atoms with Crippen LogP contribution >= 0.6 is 0 Å². The zero-order chi connectivity index (χ0) is 8.81. The van der Waals surface area contributed by atoms with Crippen LogP contribution in [0, 0.1) is 0 Å². The molecule has 0 aliphatic rings. The largest absolute Gasteiger partial charge is 0.463 e. The smallest absolute Gasteiger partial charge is 0.330 e.